The van der Waals surface area contributed by atoms with Gasteiger partial charge in [-0.15, -0.1) is 11.3 Å². The number of ether oxygens (including phenoxy) is 1. The largest absolute Gasteiger partial charge is 0.466 e. The molecule has 0 saturated carbocycles. The van der Waals surface area contributed by atoms with Gasteiger partial charge in [-0.05, 0) is 50.3 Å². The van der Waals surface area contributed by atoms with E-state index < -0.39 is 12.0 Å². The van der Waals surface area contributed by atoms with Gasteiger partial charge in [-0.1, -0.05) is 0 Å². The summed E-state index contributed by atoms with van der Waals surface area (Å²) in [6.45, 7) is 1.70. The van der Waals surface area contributed by atoms with Gasteiger partial charge < -0.3 is 9.15 Å². The second-order valence-corrected chi connectivity index (χ2v) is 7.29. The minimum absolute atomic E-state index is 0.0500. The van der Waals surface area contributed by atoms with Crippen LogP contribution >= 0.6 is 11.3 Å². The Hall–Kier alpha value is -2.41. The maximum absolute atomic E-state index is 12.9. The average molecular weight is 358 g/mol. The van der Waals surface area contributed by atoms with Gasteiger partial charge in [0.25, 0.3) is 5.56 Å². The van der Waals surface area contributed by atoms with Crippen LogP contribution in [0.25, 0.3) is 10.2 Å². The first-order chi connectivity index (χ1) is 12.1. The van der Waals surface area contributed by atoms with Gasteiger partial charge >= 0.3 is 5.97 Å². The van der Waals surface area contributed by atoms with Crippen LogP contribution < -0.4 is 5.56 Å². The van der Waals surface area contributed by atoms with E-state index in [1.807, 2.05) is 0 Å². The van der Waals surface area contributed by atoms with Crippen LogP contribution in [0.15, 0.2) is 33.9 Å². The molecule has 0 N–H and O–H groups in total. The molecule has 3 aromatic heterocycles. The minimum Gasteiger partial charge on any atom is -0.466 e. The first-order valence-electron chi connectivity index (χ1n) is 8.35. The fourth-order valence-electron chi connectivity index (χ4n) is 3.21. The zero-order valence-electron chi connectivity index (χ0n) is 13.9. The average Bonchev–Trinajstić information content (AvgIpc) is 3.26. The number of aryl methyl sites for hydroxylation is 2. The fraction of sp³-hybridized carbons (Fsp3) is 0.389. The summed E-state index contributed by atoms with van der Waals surface area (Å²) in [4.78, 5) is 31.7. The molecular weight excluding hydrogens is 340 g/mol. The van der Waals surface area contributed by atoms with Gasteiger partial charge in [0.15, 0.2) is 0 Å². The molecule has 0 aliphatic heterocycles. The third-order valence-corrected chi connectivity index (χ3v) is 5.80. The lowest BCUT2D eigenvalue weighted by Gasteiger charge is -2.14. The zero-order chi connectivity index (χ0) is 17.4. The number of nitrogens with zero attached hydrogens (tertiary/aromatic N) is 2. The summed E-state index contributed by atoms with van der Waals surface area (Å²) in [5, 5.41) is 0.674. The lowest BCUT2D eigenvalue weighted by molar-refractivity contribution is -0.149. The third kappa shape index (κ3) is 2.89. The van der Waals surface area contributed by atoms with Gasteiger partial charge in [0.05, 0.1) is 18.0 Å². The minimum atomic E-state index is -0.737. The lowest BCUT2D eigenvalue weighted by atomic mass is 9.97. The van der Waals surface area contributed by atoms with E-state index in [2.05, 4.69) is 4.98 Å². The second-order valence-electron chi connectivity index (χ2n) is 6.21. The molecule has 0 saturated heterocycles. The molecule has 0 radical (unpaired) electrons. The highest BCUT2D eigenvalue weighted by atomic mass is 32.1. The zero-order valence-corrected chi connectivity index (χ0v) is 14.7. The van der Waals surface area contributed by atoms with Crippen molar-refractivity contribution in [3.8, 4) is 0 Å². The first kappa shape index (κ1) is 16.1. The Morgan fingerprint density at radius 3 is 3.08 bits per heavy atom. The SMILES string of the molecule is CC(C(=O)OCc1ccco1)n1cnc2sc3c(c2c1=O)CCCC3. The van der Waals surface area contributed by atoms with Crippen LogP contribution in [0.2, 0.25) is 0 Å². The van der Waals surface area contributed by atoms with E-state index >= 15 is 0 Å². The number of thiophene rings is 1. The Kier molecular flexibility index (Phi) is 4.17. The van der Waals surface area contributed by atoms with Crippen molar-refractivity contribution < 1.29 is 13.9 Å². The summed E-state index contributed by atoms with van der Waals surface area (Å²) in [5.74, 6) is 0.0807. The van der Waals surface area contributed by atoms with E-state index in [0.717, 1.165) is 36.1 Å². The summed E-state index contributed by atoms with van der Waals surface area (Å²) in [6.07, 6.45) is 7.14. The number of esters is 1. The van der Waals surface area contributed by atoms with E-state index in [4.69, 9.17) is 9.15 Å². The van der Waals surface area contributed by atoms with Gasteiger partial charge in [0.2, 0.25) is 0 Å². The molecule has 0 aromatic carbocycles. The summed E-state index contributed by atoms with van der Waals surface area (Å²) >= 11 is 1.60. The van der Waals surface area contributed by atoms with Crippen molar-refractivity contribution in [2.75, 3.05) is 0 Å². The number of rotatable bonds is 4. The maximum atomic E-state index is 12.9. The van der Waals surface area contributed by atoms with Gasteiger partial charge in [-0.3, -0.25) is 9.36 Å². The van der Waals surface area contributed by atoms with E-state index in [-0.39, 0.29) is 12.2 Å². The van der Waals surface area contributed by atoms with Gasteiger partial charge in [-0.2, -0.15) is 0 Å². The van der Waals surface area contributed by atoms with Crippen LogP contribution in [0.1, 0.15) is 42.0 Å². The molecule has 1 atom stereocenters. The molecule has 3 heterocycles. The Bertz CT molecular complexity index is 971. The number of hydrogen-bond donors (Lipinski definition) is 0. The highest BCUT2D eigenvalue weighted by Gasteiger charge is 2.24. The molecule has 4 rings (SSSR count). The molecule has 0 bridgehead atoms. The van der Waals surface area contributed by atoms with Crippen LogP contribution in [0.4, 0.5) is 0 Å². The monoisotopic (exact) mass is 358 g/mol. The number of fused-ring (bicyclic) bond motifs is 3. The molecule has 130 valence electrons. The van der Waals surface area contributed by atoms with Gasteiger partial charge in [0, 0.05) is 4.88 Å². The molecule has 0 fully saturated rings. The number of aromatic nitrogens is 2. The number of hydrogen-bond acceptors (Lipinski definition) is 6. The predicted octanol–water partition coefficient (Wildman–Crippen LogP) is 3.23. The Balaban J connectivity index is 1.63. The van der Waals surface area contributed by atoms with Gasteiger partial charge in [0.1, 0.15) is 23.2 Å². The lowest BCUT2D eigenvalue weighted by Crippen LogP contribution is -2.29. The molecule has 0 amide bonds. The predicted molar refractivity (Wildman–Crippen MR) is 93.7 cm³/mol. The summed E-state index contributed by atoms with van der Waals surface area (Å²) in [7, 11) is 0. The molecule has 6 nitrogen and oxygen atoms in total. The van der Waals surface area contributed by atoms with Crippen molar-refractivity contribution >= 4 is 27.5 Å². The molecule has 1 aliphatic carbocycles. The Labute approximate surface area is 148 Å². The number of carbonyl (C=O) groups excluding carboxylic acids is 1. The van der Waals surface area contributed by atoms with E-state index in [1.54, 1.807) is 30.4 Å². The summed E-state index contributed by atoms with van der Waals surface area (Å²) in [6, 6.07) is 2.72. The smallest absolute Gasteiger partial charge is 0.329 e. The summed E-state index contributed by atoms with van der Waals surface area (Å²) < 4.78 is 11.8. The Morgan fingerprint density at radius 1 is 1.44 bits per heavy atom. The molecule has 1 unspecified atom stereocenters. The first-order valence-corrected chi connectivity index (χ1v) is 9.17. The van der Waals surface area contributed by atoms with E-state index in [0.29, 0.717) is 11.1 Å². The number of carbonyl (C=O) groups is 1. The quantitative estimate of drug-likeness (QED) is 0.670. The maximum Gasteiger partial charge on any atom is 0.329 e. The third-order valence-electron chi connectivity index (χ3n) is 4.60. The van der Waals surface area contributed by atoms with Crippen molar-refractivity contribution in [3.05, 3.63) is 51.3 Å². The van der Waals surface area contributed by atoms with Crippen LogP contribution in [-0.2, 0) is 29.0 Å². The van der Waals surface area contributed by atoms with Crippen molar-refractivity contribution in [2.45, 2.75) is 45.3 Å². The van der Waals surface area contributed by atoms with Crippen LogP contribution in [0.5, 0.6) is 0 Å². The Morgan fingerprint density at radius 2 is 2.28 bits per heavy atom. The van der Waals surface area contributed by atoms with Crippen molar-refractivity contribution in [3.63, 3.8) is 0 Å². The van der Waals surface area contributed by atoms with Crippen molar-refractivity contribution in [2.24, 2.45) is 0 Å². The fourth-order valence-corrected chi connectivity index (χ4v) is 4.43. The van der Waals surface area contributed by atoms with E-state index in [9.17, 15) is 9.59 Å². The van der Waals surface area contributed by atoms with Gasteiger partial charge in [-0.25, -0.2) is 9.78 Å². The van der Waals surface area contributed by atoms with Crippen LogP contribution in [0.3, 0.4) is 0 Å². The van der Waals surface area contributed by atoms with Crippen molar-refractivity contribution in [1.29, 1.82) is 0 Å². The highest BCUT2D eigenvalue weighted by molar-refractivity contribution is 7.18. The molecule has 25 heavy (non-hydrogen) atoms. The van der Waals surface area contributed by atoms with E-state index in [1.165, 1.54) is 22.0 Å². The molecule has 0 spiro atoms. The topological polar surface area (TPSA) is 74.3 Å². The normalized spacial score (nSPS) is 15.1. The van der Waals surface area contributed by atoms with Crippen LogP contribution in [-0.4, -0.2) is 15.5 Å². The van der Waals surface area contributed by atoms with Crippen molar-refractivity contribution in [1.82, 2.24) is 9.55 Å². The molecule has 7 heteroatoms. The molecule has 3 aromatic rings. The second kappa shape index (κ2) is 6.48. The number of furan rings is 1. The molecule has 1 aliphatic rings. The highest BCUT2D eigenvalue weighted by Crippen LogP contribution is 2.33. The van der Waals surface area contributed by atoms with Crippen LogP contribution in [0, 0.1) is 0 Å². The summed E-state index contributed by atoms with van der Waals surface area (Å²) in [5.41, 5.74) is 0.959. The molecular formula is C18H18N2O4S. The standard InChI is InChI=1S/C18H18N2O4S/c1-11(18(22)24-9-12-5-4-8-23-12)20-10-19-16-15(17(20)21)13-6-2-3-7-14(13)25-16/h4-5,8,10-11H,2-3,6-7,9H2,1H3.